The van der Waals surface area contributed by atoms with E-state index in [1.807, 2.05) is 6.20 Å². The van der Waals surface area contributed by atoms with Crippen LogP contribution in [0.15, 0.2) is 12.4 Å². The molecule has 3 heteroatoms. The largest absolute Gasteiger partial charge is 0.335 e. The summed E-state index contributed by atoms with van der Waals surface area (Å²) >= 11 is 0. The minimum absolute atomic E-state index is 0.326. The monoisotopic (exact) mass is 221 g/mol. The smallest absolute Gasteiger partial charge is 0.110 e. The van der Waals surface area contributed by atoms with Gasteiger partial charge in [-0.1, -0.05) is 13.3 Å². The molecule has 1 aromatic heterocycles. The van der Waals surface area contributed by atoms with E-state index in [-0.39, 0.29) is 0 Å². The number of nitrogens with one attached hydrogen (secondary N) is 1. The predicted molar refractivity (Wildman–Crippen MR) is 66.5 cm³/mol. The van der Waals surface area contributed by atoms with Crippen LogP contribution in [0.2, 0.25) is 0 Å². The maximum atomic E-state index is 4.50. The van der Waals surface area contributed by atoms with Crippen LogP contribution in [-0.2, 0) is 13.0 Å². The number of hydrogen-bond acceptors (Lipinski definition) is 2. The van der Waals surface area contributed by atoms with Crippen LogP contribution in [0.5, 0.6) is 0 Å². The second-order valence-electron chi connectivity index (χ2n) is 4.87. The third kappa shape index (κ3) is 2.29. The Morgan fingerprint density at radius 1 is 1.50 bits per heavy atom. The zero-order chi connectivity index (χ0) is 11.4. The summed E-state index contributed by atoms with van der Waals surface area (Å²) in [5.41, 5.74) is 0.326. The van der Waals surface area contributed by atoms with E-state index < -0.39 is 0 Å². The van der Waals surface area contributed by atoms with Crippen LogP contribution in [0.3, 0.4) is 0 Å². The molecule has 1 aromatic rings. The molecular formula is C13H23N3. The van der Waals surface area contributed by atoms with E-state index in [0.29, 0.717) is 5.54 Å². The van der Waals surface area contributed by atoms with E-state index in [1.165, 1.54) is 38.1 Å². The molecule has 0 aromatic carbocycles. The molecule has 2 heterocycles. The van der Waals surface area contributed by atoms with E-state index in [2.05, 4.69) is 34.9 Å². The molecule has 2 rings (SSSR count). The standard InChI is InChI=1S/C13H23N3/c1-3-6-13(7-5-8-15-13)11-12-14-9-10-16(12)4-2/h9-10,15H,3-8,11H2,1-2H3. The highest BCUT2D eigenvalue weighted by Crippen LogP contribution is 2.28. The van der Waals surface area contributed by atoms with E-state index >= 15 is 0 Å². The molecule has 1 aliphatic rings. The molecular weight excluding hydrogens is 198 g/mol. The second kappa shape index (κ2) is 5.00. The van der Waals surface area contributed by atoms with Gasteiger partial charge in [0.15, 0.2) is 0 Å². The molecule has 3 nitrogen and oxygen atoms in total. The van der Waals surface area contributed by atoms with Crippen molar-refractivity contribution in [2.45, 2.75) is 58.0 Å². The summed E-state index contributed by atoms with van der Waals surface area (Å²) in [6, 6.07) is 0. The van der Waals surface area contributed by atoms with Gasteiger partial charge in [-0.3, -0.25) is 0 Å². The topological polar surface area (TPSA) is 29.9 Å². The zero-order valence-electron chi connectivity index (χ0n) is 10.5. The summed E-state index contributed by atoms with van der Waals surface area (Å²) in [5.74, 6) is 1.24. The van der Waals surface area contributed by atoms with Gasteiger partial charge in [-0.25, -0.2) is 4.98 Å². The highest BCUT2D eigenvalue weighted by atomic mass is 15.1. The van der Waals surface area contributed by atoms with Gasteiger partial charge in [-0.15, -0.1) is 0 Å². The third-order valence-corrected chi connectivity index (χ3v) is 3.70. The van der Waals surface area contributed by atoms with E-state index in [1.54, 1.807) is 0 Å². The maximum Gasteiger partial charge on any atom is 0.110 e. The molecule has 0 bridgehead atoms. The van der Waals surface area contributed by atoms with Crippen molar-refractivity contribution >= 4 is 0 Å². The van der Waals surface area contributed by atoms with Crippen LogP contribution in [0, 0.1) is 0 Å². The Balaban J connectivity index is 2.11. The molecule has 1 aliphatic heterocycles. The van der Waals surface area contributed by atoms with Gasteiger partial charge in [0.25, 0.3) is 0 Å². The van der Waals surface area contributed by atoms with Crippen molar-refractivity contribution in [2.24, 2.45) is 0 Å². The highest BCUT2D eigenvalue weighted by molar-refractivity contribution is 5.04. The molecule has 1 atom stereocenters. The number of imidazole rings is 1. The first-order valence-corrected chi connectivity index (χ1v) is 6.55. The van der Waals surface area contributed by atoms with E-state index in [0.717, 1.165) is 13.0 Å². The summed E-state index contributed by atoms with van der Waals surface area (Å²) in [7, 11) is 0. The molecule has 0 radical (unpaired) electrons. The van der Waals surface area contributed by atoms with Crippen molar-refractivity contribution in [3.63, 3.8) is 0 Å². The van der Waals surface area contributed by atoms with Crippen LogP contribution >= 0.6 is 0 Å². The quantitative estimate of drug-likeness (QED) is 0.827. The number of aryl methyl sites for hydroxylation is 1. The molecule has 0 saturated carbocycles. The average molecular weight is 221 g/mol. The Kier molecular flexibility index (Phi) is 3.64. The Hall–Kier alpha value is -0.830. The van der Waals surface area contributed by atoms with Crippen LogP contribution in [-0.4, -0.2) is 21.6 Å². The summed E-state index contributed by atoms with van der Waals surface area (Å²) in [5, 5.41) is 3.71. The van der Waals surface area contributed by atoms with Gasteiger partial charge in [0.2, 0.25) is 0 Å². The van der Waals surface area contributed by atoms with Crippen molar-refractivity contribution in [3.8, 4) is 0 Å². The fourth-order valence-corrected chi connectivity index (χ4v) is 2.90. The summed E-state index contributed by atoms with van der Waals surface area (Å²) in [4.78, 5) is 4.50. The normalized spacial score (nSPS) is 25.1. The fraction of sp³-hybridized carbons (Fsp3) is 0.769. The van der Waals surface area contributed by atoms with E-state index in [4.69, 9.17) is 0 Å². The first-order valence-electron chi connectivity index (χ1n) is 6.55. The minimum atomic E-state index is 0.326. The lowest BCUT2D eigenvalue weighted by atomic mass is 9.88. The Morgan fingerprint density at radius 2 is 2.38 bits per heavy atom. The van der Waals surface area contributed by atoms with Gasteiger partial charge >= 0.3 is 0 Å². The van der Waals surface area contributed by atoms with Gasteiger partial charge in [0.05, 0.1) is 0 Å². The molecule has 0 spiro atoms. The van der Waals surface area contributed by atoms with Crippen molar-refractivity contribution in [3.05, 3.63) is 18.2 Å². The SMILES string of the molecule is CCCC1(Cc2nccn2CC)CCCN1. The molecule has 1 fully saturated rings. The summed E-state index contributed by atoms with van der Waals surface area (Å²) in [6.45, 7) is 6.65. The number of nitrogens with zero attached hydrogens (tertiary/aromatic N) is 2. The Bertz CT molecular complexity index is 324. The van der Waals surface area contributed by atoms with E-state index in [9.17, 15) is 0 Å². The third-order valence-electron chi connectivity index (χ3n) is 3.70. The molecule has 90 valence electrons. The maximum absolute atomic E-state index is 4.50. The van der Waals surface area contributed by atoms with Crippen LogP contribution in [0.1, 0.15) is 45.4 Å². The number of hydrogen-bond donors (Lipinski definition) is 1. The second-order valence-corrected chi connectivity index (χ2v) is 4.87. The molecule has 0 aliphatic carbocycles. The number of rotatable bonds is 5. The first kappa shape index (κ1) is 11.6. The van der Waals surface area contributed by atoms with Crippen molar-refractivity contribution in [2.75, 3.05) is 6.54 Å². The Labute approximate surface area is 98.3 Å². The molecule has 1 N–H and O–H groups in total. The van der Waals surface area contributed by atoms with Crippen molar-refractivity contribution in [1.29, 1.82) is 0 Å². The minimum Gasteiger partial charge on any atom is -0.335 e. The van der Waals surface area contributed by atoms with Gasteiger partial charge in [-0.2, -0.15) is 0 Å². The van der Waals surface area contributed by atoms with Crippen molar-refractivity contribution < 1.29 is 0 Å². The lowest BCUT2D eigenvalue weighted by Crippen LogP contribution is -2.42. The zero-order valence-corrected chi connectivity index (χ0v) is 10.5. The van der Waals surface area contributed by atoms with Gasteiger partial charge in [-0.05, 0) is 32.7 Å². The lowest BCUT2D eigenvalue weighted by molar-refractivity contribution is 0.331. The molecule has 1 unspecified atom stereocenters. The molecule has 16 heavy (non-hydrogen) atoms. The Morgan fingerprint density at radius 3 is 3.00 bits per heavy atom. The average Bonchev–Trinajstić information content (AvgIpc) is 2.89. The van der Waals surface area contributed by atoms with Crippen molar-refractivity contribution in [1.82, 2.24) is 14.9 Å². The van der Waals surface area contributed by atoms with Crippen LogP contribution in [0.25, 0.3) is 0 Å². The highest BCUT2D eigenvalue weighted by Gasteiger charge is 2.33. The molecule has 0 amide bonds. The summed E-state index contributed by atoms with van der Waals surface area (Å²) < 4.78 is 2.26. The van der Waals surface area contributed by atoms with Gasteiger partial charge in [0.1, 0.15) is 5.82 Å². The van der Waals surface area contributed by atoms with Gasteiger partial charge < -0.3 is 9.88 Å². The fourth-order valence-electron chi connectivity index (χ4n) is 2.90. The summed E-state index contributed by atoms with van der Waals surface area (Å²) in [6.07, 6.45) is 10.2. The first-order chi connectivity index (χ1) is 7.79. The van der Waals surface area contributed by atoms with Gasteiger partial charge in [0, 0.05) is 30.9 Å². The van der Waals surface area contributed by atoms with Crippen LogP contribution in [0.4, 0.5) is 0 Å². The number of aromatic nitrogens is 2. The lowest BCUT2D eigenvalue weighted by Gasteiger charge is -2.29. The van der Waals surface area contributed by atoms with Crippen LogP contribution < -0.4 is 5.32 Å². The predicted octanol–water partition coefficient (Wildman–Crippen LogP) is 2.37. The molecule has 1 saturated heterocycles.